The molecule has 7 aliphatic rings. The molecular formula is C33H43N3O12Pt. The van der Waals surface area contributed by atoms with E-state index >= 15 is 0 Å². The molecule has 15 nitrogen and oxygen atoms in total. The van der Waals surface area contributed by atoms with E-state index in [1.54, 1.807) is 0 Å². The van der Waals surface area contributed by atoms with Crippen LogP contribution in [0.15, 0.2) is 24.3 Å². The fourth-order valence-corrected chi connectivity index (χ4v) is 7.72. The maximum Gasteiger partial charge on any atom is 2.00 e. The van der Waals surface area contributed by atoms with Gasteiger partial charge in [0, 0.05) is 0 Å². The number of hydrogen-bond donors (Lipinski definition) is 4. The number of amides is 4. The molecule has 0 aromatic heterocycles. The molecule has 272 valence electrons. The third kappa shape index (κ3) is 9.10. The minimum Gasteiger partial charge on any atom is -0.677 e. The topological polar surface area (TPSA) is 248 Å². The molecule has 16 heteroatoms. The van der Waals surface area contributed by atoms with Gasteiger partial charge >= 0.3 is 44.9 Å². The minimum atomic E-state index is -1.82. The van der Waals surface area contributed by atoms with Gasteiger partial charge < -0.3 is 33.1 Å². The van der Waals surface area contributed by atoms with Gasteiger partial charge in [0.05, 0.1) is 23.7 Å². The summed E-state index contributed by atoms with van der Waals surface area (Å²) in [6.45, 7) is 6.90. The number of carboxylic acids is 4. The predicted molar refractivity (Wildman–Crippen MR) is 166 cm³/mol. The van der Waals surface area contributed by atoms with Crippen LogP contribution < -0.4 is 0 Å². The van der Waals surface area contributed by atoms with Crippen molar-refractivity contribution < 1.29 is 79.8 Å². The predicted octanol–water partition coefficient (Wildman–Crippen LogP) is 2.37. The summed E-state index contributed by atoms with van der Waals surface area (Å²) in [5.74, 6) is -7.27. The largest absolute Gasteiger partial charge is 2.00 e. The molecule has 5 fully saturated rings. The second kappa shape index (κ2) is 17.8. The van der Waals surface area contributed by atoms with Crippen LogP contribution in [-0.2, 0) is 59.4 Å². The normalized spacial score (nSPS) is 33.4. The molecular weight excluding hydrogens is 825 g/mol. The number of nitrogens with zero attached hydrogens (tertiary/aromatic N) is 2. The first-order valence-electron chi connectivity index (χ1n) is 16.1. The van der Waals surface area contributed by atoms with Crippen LogP contribution in [0.3, 0.4) is 0 Å². The first kappa shape index (κ1) is 41.5. The summed E-state index contributed by atoms with van der Waals surface area (Å²) in [5, 5.41) is 32.1. The van der Waals surface area contributed by atoms with Gasteiger partial charge in [-0.2, -0.15) is 12.0 Å². The van der Waals surface area contributed by atoms with Crippen LogP contribution in [0.2, 0.25) is 0 Å². The Hall–Kier alpha value is -3.71. The molecule has 0 aromatic rings. The van der Waals surface area contributed by atoms with Gasteiger partial charge in [-0.15, -0.1) is 0 Å². The van der Waals surface area contributed by atoms with Gasteiger partial charge in [-0.25, -0.2) is 9.59 Å². The van der Waals surface area contributed by atoms with Crippen LogP contribution in [0, 0.1) is 60.2 Å². The van der Waals surface area contributed by atoms with Crippen molar-refractivity contribution in [1.29, 1.82) is 0 Å². The van der Waals surface area contributed by atoms with Crippen molar-refractivity contribution in [2.45, 2.75) is 58.4 Å². The summed E-state index contributed by atoms with van der Waals surface area (Å²) in [5.41, 5.74) is 7.42. The summed E-state index contributed by atoms with van der Waals surface area (Å²) >= 11 is 0. The molecule has 10 unspecified atom stereocenters. The summed E-state index contributed by atoms with van der Waals surface area (Å²) < 4.78 is 0. The Bertz CT molecular complexity index is 1220. The molecule has 0 spiro atoms. The Morgan fingerprint density at radius 2 is 0.939 bits per heavy atom. The van der Waals surface area contributed by atoms with Gasteiger partial charge in [0.25, 0.3) is 0 Å². The van der Waals surface area contributed by atoms with E-state index in [0.29, 0.717) is 5.92 Å². The fourth-order valence-electron chi connectivity index (χ4n) is 7.72. The van der Waals surface area contributed by atoms with Crippen LogP contribution in [0.1, 0.15) is 52.4 Å². The third-order valence-corrected chi connectivity index (χ3v) is 9.80. The van der Waals surface area contributed by atoms with Gasteiger partial charge in [-0.3, -0.25) is 38.6 Å². The van der Waals surface area contributed by atoms with E-state index in [1.165, 1.54) is 19.3 Å². The Morgan fingerprint density at radius 3 is 1.14 bits per heavy atom. The van der Waals surface area contributed by atoms with Gasteiger partial charge in [-0.1, -0.05) is 63.8 Å². The summed E-state index contributed by atoms with van der Waals surface area (Å²) in [4.78, 5) is 88.9. The second-order valence-electron chi connectivity index (χ2n) is 12.6. The van der Waals surface area contributed by atoms with Crippen LogP contribution in [0.5, 0.6) is 0 Å². The van der Waals surface area contributed by atoms with Crippen LogP contribution in [0.4, 0.5) is 0 Å². The number of hydrogen-bond acceptors (Lipinski definition) is 8. The average molecular weight is 869 g/mol. The van der Waals surface area contributed by atoms with Crippen molar-refractivity contribution in [2.75, 3.05) is 13.1 Å². The molecule has 5 aliphatic carbocycles. The van der Waals surface area contributed by atoms with Gasteiger partial charge in [0.2, 0.25) is 23.6 Å². The fraction of sp³-hybridized carbons (Fsp3) is 0.606. The SMILES string of the molecule is CC.O=C(O)C(=O)O.O=C(O)CN1C(=O)C2C3C=CC(C3)C2C1=O.O=C(O)CN1C(=O)C2C3C=CC(C3)C2C1=O.[CH2-]C1CCCCC1[NH-].[Pt+2]. The molecule has 2 aliphatic heterocycles. The number of allylic oxidation sites excluding steroid dienone is 4. The molecule has 49 heavy (non-hydrogen) atoms. The summed E-state index contributed by atoms with van der Waals surface area (Å²) in [7, 11) is 0. The zero-order valence-electron chi connectivity index (χ0n) is 27.2. The van der Waals surface area contributed by atoms with Crippen molar-refractivity contribution in [2.24, 2.45) is 53.3 Å². The number of imide groups is 2. The van der Waals surface area contributed by atoms with Gasteiger partial charge in [-0.05, 0) is 36.5 Å². The standard InChI is InChI=1S/2C11H11NO4.C7H13N.C2H2O4.C2H6.Pt/c2*13-7(14)4-12-10(15)8-5-1-2-6(3-5)9(8)11(12)16;1-6-4-2-3-5-7(6)8;3-1(4)2(5)6;1-2;/h2*1-2,5-6,8-9H,3-4H2,(H,13,14);6-8H,1-5H2;(H,3,4)(H,5,6);1-2H3;/q;;-2;;;+2. The van der Waals surface area contributed by atoms with Gasteiger partial charge in [0.15, 0.2) is 0 Å². The number of nitrogens with one attached hydrogen (secondary N) is 1. The zero-order chi connectivity index (χ0) is 36.0. The smallest absolute Gasteiger partial charge is 0.677 e. The summed E-state index contributed by atoms with van der Waals surface area (Å²) in [6.07, 6.45) is 14.5. The molecule has 2 saturated heterocycles. The van der Waals surface area contributed by atoms with Crippen LogP contribution >= 0.6 is 0 Å². The summed E-state index contributed by atoms with van der Waals surface area (Å²) in [6, 6.07) is 0.142. The first-order chi connectivity index (χ1) is 22.6. The van der Waals surface area contributed by atoms with Crippen LogP contribution in [0.25, 0.3) is 5.73 Å². The first-order valence-corrected chi connectivity index (χ1v) is 16.1. The number of rotatable bonds is 4. The van der Waals surface area contributed by atoms with Gasteiger partial charge in [0.1, 0.15) is 13.1 Å². The van der Waals surface area contributed by atoms with E-state index in [2.05, 4.69) is 6.92 Å². The number of fused-ring (bicyclic) bond motifs is 10. The quantitative estimate of drug-likeness (QED) is 0.138. The molecule has 4 amide bonds. The van der Waals surface area contributed by atoms with E-state index in [0.717, 1.165) is 29.1 Å². The molecule has 0 radical (unpaired) electrons. The number of carbonyl (C=O) groups is 8. The van der Waals surface area contributed by atoms with Crippen molar-refractivity contribution >= 4 is 47.5 Å². The molecule has 4 bridgehead atoms. The number of carbonyl (C=O) groups excluding carboxylic acids is 4. The Balaban J connectivity index is 0.000000237. The maximum atomic E-state index is 11.9. The number of aliphatic carboxylic acids is 4. The number of carboxylic acid groups (broad SMARTS) is 4. The average Bonchev–Trinajstić information content (AvgIpc) is 3.90. The second-order valence-corrected chi connectivity index (χ2v) is 12.6. The minimum absolute atomic E-state index is 0. The van der Waals surface area contributed by atoms with E-state index in [9.17, 15) is 28.8 Å². The molecule has 2 heterocycles. The van der Waals surface area contributed by atoms with Crippen LogP contribution in [-0.4, -0.2) is 96.9 Å². The molecule has 0 aromatic carbocycles. The monoisotopic (exact) mass is 868 g/mol. The van der Waals surface area contributed by atoms with Crippen molar-refractivity contribution in [3.63, 3.8) is 0 Å². The van der Waals surface area contributed by atoms with E-state index in [1.807, 2.05) is 38.2 Å². The maximum absolute atomic E-state index is 11.9. The zero-order valence-corrected chi connectivity index (χ0v) is 29.5. The molecule has 7 rings (SSSR count). The van der Waals surface area contributed by atoms with E-state index in [4.69, 9.17) is 35.7 Å². The molecule has 3 saturated carbocycles. The van der Waals surface area contributed by atoms with E-state index < -0.39 is 37.0 Å². The Morgan fingerprint density at radius 1 is 0.653 bits per heavy atom. The molecule has 10 atom stereocenters. The Kier molecular flexibility index (Phi) is 15.1. The third-order valence-electron chi connectivity index (χ3n) is 9.80. The van der Waals surface area contributed by atoms with Crippen molar-refractivity contribution in [3.05, 3.63) is 37.0 Å². The number of likely N-dealkylation sites (tertiary alicyclic amines) is 2. The molecule has 5 N–H and O–H groups in total. The Labute approximate surface area is 298 Å². The van der Waals surface area contributed by atoms with Crippen molar-refractivity contribution in [1.82, 2.24) is 9.80 Å². The van der Waals surface area contributed by atoms with E-state index in [-0.39, 0.29) is 98.1 Å². The van der Waals surface area contributed by atoms with Crippen molar-refractivity contribution in [3.8, 4) is 0 Å².